The van der Waals surface area contributed by atoms with Crippen LogP contribution < -0.4 is 25.0 Å². The third-order valence-electron chi connectivity index (χ3n) is 6.16. The van der Waals surface area contributed by atoms with Crippen molar-refractivity contribution >= 4 is 75.4 Å². The van der Waals surface area contributed by atoms with Crippen molar-refractivity contribution in [3.05, 3.63) is 85.0 Å². The van der Waals surface area contributed by atoms with Crippen LogP contribution >= 0.6 is 34.2 Å². The number of benzene rings is 3. The zero-order valence-electron chi connectivity index (χ0n) is 22.8. The third kappa shape index (κ3) is 6.88. The molecule has 5 amide bonds. The highest BCUT2D eigenvalue weighted by atomic mass is 127. The van der Waals surface area contributed by atoms with Gasteiger partial charge in [0.1, 0.15) is 5.57 Å². The molecule has 0 aromatic heterocycles. The molecule has 0 saturated carbocycles. The Bertz CT molecular complexity index is 1600. The first kappa shape index (κ1) is 30.1. The number of ether oxygens (including phenoxy) is 2. The Morgan fingerprint density at radius 3 is 2.46 bits per heavy atom. The van der Waals surface area contributed by atoms with Crippen LogP contribution in [-0.4, -0.2) is 37.0 Å². The number of amides is 5. The summed E-state index contributed by atoms with van der Waals surface area (Å²) < 4.78 is 12.2. The van der Waals surface area contributed by atoms with Crippen LogP contribution in [0.2, 0.25) is 5.02 Å². The summed E-state index contributed by atoms with van der Waals surface area (Å²) in [7, 11) is 0. The molecular formula is C30H27ClIN3O6. The molecule has 1 aliphatic heterocycles. The lowest BCUT2D eigenvalue weighted by Gasteiger charge is -2.26. The van der Waals surface area contributed by atoms with E-state index in [0.29, 0.717) is 37.9 Å². The van der Waals surface area contributed by atoms with E-state index in [4.69, 9.17) is 21.1 Å². The van der Waals surface area contributed by atoms with Crippen molar-refractivity contribution < 1.29 is 28.7 Å². The summed E-state index contributed by atoms with van der Waals surface area (Å²) in [6.45, 7) is 7.52. The largest absolute Gasteiger partial charge is 0.490 e. The van der Waals surface area contributed by atoms with E-state index in [-0.39, 0.29) is 23.8 Å². The van der Waals surface area contributed by atoms with Gasteiger partial charge in [0.15, 0.2) is 18.1 Å². The average Bonchev–Trinajstić information content (AvgIpc) is 2.90. The lowest BCUT2D eigenvalue weighted by Crippen LogP contribution is -2.54. The Kier molecular flexibility index (Phi) is 9.34. The van der Waals surface area contributed by atoms with Gasteiger partial charge in [0.05, 0.1) is 15.9 Å². The Labute approximate surface area is 256 Å². The first-order valence-electron chi connectivity index (χ1n) is 12.6. The number of nitrogens with one attached hydrogen (secondary N) is 2. The number of rotatable bonds is 8. The number of carbonyl (C=O) groups excluding carboxylic acids is 4. The van der Waals surface area contributed by atoms with E-state index in [1.54, 1.807) is 38.1 Å². The number of aryl methyl sites for hydroxylation is 3. The van der Waals surface area contributed by atoms with E-state index < -0.39 is 17.8 Å². The second-order valence-electron chi connectivity index (χ2n) is 9.31. The van der Waals surface area contributed by atoms with Crippen molar-refractivity contribution in [1.29, 1.82) is 0 Å². The van der Waals surface area contributed by atoms with Crippen LogP contribution in [0.25, 0.3) is 6.08 Å². The topological polar surface area (TPSA) is 114 Å². The van der Waals surface area contributed by atoms with Crippen molar-refractivity contribution in [2.45, 2.75) is 27.7 Å². The van der Waals surface area contributed by atoms with Crippen LogP contribution in [0.1, 0.15) is 29.2 Å². The minimum absolute atomic E-state index is 0.231. The Balaban J connectivity index is 1.58. The van der Waals surface area contributed by atoms with Crippen LogP contribution in [0, 0.1) is 24.3 Å². The average molecular weight is 688 g/mol. The minimum atomic E-state index is -0.871. The zero-order chi connectivity index (χ0) is 29.8. The molecule has 1 aliphatic rings. The zero-order valence-corrected chi connectivity index (χ0v) is 25.7. The van der Waals surface area contributed by atoms with E-state index in [1.807, 2.05) is 54.6 Å². The number of anilines is 2. The molecule has 2 N–H and O–H groups in total. The number of halogens is 2. The van der Waals surface area contributed by atoms with Gasteiger partial charge < -0.3 is 14.8 Å². The molecule has 212 valence electrons. The molecule has 9 nitrogen and oxygen atoms in total. The smallest absolute Gasteiger partial charge is 0.335 e. The van der Waals surface area contributed by atoms with E-state index in [1.165, 1.54) is 12.1 Å². The number of nitrogens with zero attached hydrogens (tertiary/aromatic N) is 1. The third-order valence-corrected chi connectivity index (χ3v) is 7.37. The fourth-order valence-electron chi connectivity index (χ4n) is 4.13. The molecule has 1 heterocycles. The van der Waals surface area contributed by atoms with Crippen LogP contribution in [0.4, 0.5) is 16.2 Å². The van der Waals surface area contributed by atoms with Gasteiger partial charge in [-0.3, -0.25) is 19.7 Å². The van der Waals surface area contributed by atoms with Crippen molar-refractivity contribution in [1.82, 2.24) is 5.32 Å². The summed E-state index contributed by atoms with van der Waals surface area (Å²) in [6, 6.07) is 12.9. The van der Waals surface area contributed by atoms with Gasteiger partial charge in [0.25, 0.3) is 17.7 Å². The van der Waals surface area contributed by atoms with Gasteiger partial charge >= 0.3 is 6.03 Å². The van der Waals surface area contributed by atoms with Gasteiger partial charge in [-0.2, -0.15) is 0 Å². The highest BCUT2D eigenvalue weighted by molar-refractivity contribution is 14.1. The van der Waals surface area contributed by atoms with Crippen LogP contribution in [-0.2, 0) is 14.4 Å². The standard InChI is InChI=1S/C30H27ClIN3O6/c1-5-40-25-13-19(12-23(32)27(25)41-15-26(36)33-24-9-6-16(2)10-18(24)4)11-21-28(37)34-30(39)35(29(21)38)20-8-7-17(3)22(31)14-20/h6-14H,5,15H2,1-4H3,(H,33,36)(H,34,37,39)/b21-11+. The quantitative estimate of drug-likeness (QED) is 0.172. The maximum absolute atomic E-state index is 13.3. The number of imide groups is 2. The lowest BCUT2D eigenvalue weighted by atomic mass is 10.1. The Morgan fingerprint density at radius 2 is 1.78 bits per heavy atom. The molecule has 0 aliphatic carbocycles. The van der Waals surface area contributed by atoms with Gasteiger partial charge in [-0.1, -0.05) is 35.4 Å². The SMILES string of the molecule is CCOc1cc(/C=C2\C(=O)NC(=O)N(c3ccc(C)c(Cl)c3)C2=O)cc(I)c1OCC(=O)Nc1ccc(C)cc1C. The predicted octanol–water partition coefficient (Wildman–Crippen LogP) is 5.95. The molecule has 41 heavy (non-hydrogen) atoms. The normalized spacial score (nSPS) is 14.2. The van der Waals surface area contributed by atoms with E-state index in [2.05, 4.69) is 10.6 Å². The molecule has 3 aromatic rings. The monoisotopic (exact) mass is 687 g/mol. The molecule has 11 heteroatoms. The van der Waals surface area contributed by atoms with Gasteiger partial charge in [-0.25, -0.2) is 9.69 Å². The van der Waals surface area contributed by atoms with E-state index in [0.717, 1.165) is 21.6 Å². The van der Waals surface area contributed by atoms with Crippen LogP contribution in [0.3, 0.4) is 0 Å². The molecule has 0 atom stereocenters. The second-order valence-corrected chi connectivity index (χ2v) is 10.9. The molecule has 0 radical (unpaired) electrons. The van der Waals surface area contributed by atoms with Crippen LogP contribution in [0.5, 0.6) is 11.5 Å². The maximum atomic E-state index is 13.3. The van der Waals surface area contributed by atoms with Gasteiger partial charge in [0, 0.05) is 10.7 Å². The van der Waals surface area contributed by atoms with E-state index in [9.17, 15) is 19.2 Å². The summed E-state index contributed by atoms with van der Waals surface area (Å²) >= 11 is 8.23. The molecule has 3 aromatic carbocycles. The van der Waals surface area contributed by atoms with Crippen molar-refractivity contribution in [3.8, 4) is 11.5 Å². The van der Waals surface area contributed by atoms with Crippen molar-refractivity contribution in [3.63, 3.8) is 0 Å². The highest BCUT2D eigenvalue weighted by Gasteiger charge is 2.37. The summed E-state index contributed by atoms with van der Waals surface area (Å²) in [5.74, 6) is -1.30. The Hall–Kier alpha value is -3.90. The van der Waals surface area contributed by atoms with Crippen LogP contribution in [0.15, 0.2) is 54.1 Å². The number of barbiturate groups is 1. The first-order valence-corrected chi connectivity index (χ1v) is 14.1. The molecule has 1 fully saturated rings. The van der Waals surface area contributed by atoms with Gasteiger partial charge in [0.2, 0.25) is 0 Å². The predicted molar refractivity (Wildman–Crippen MR) is 166 cm³/mol. The summed E-state index contributed by atoms with van der Waals surface area (Å²) in [5, 5.41) is 5.42. The summed E-state index contributed by atoms with van der Waals surface area (Å²) in [5.41, 5.74) is 3.94. The molecule has 1 saturated heterocycles. The molecule has 4 rings (SSSR count). The number of urea groups is 1. The minimum Gasteiger partial charge on any atom is -0.490 e. The van der Waals surface area contributed by atoms with Crippen molar-refractivity contribution in [2.75, 3.05) is 23.4 Å². The van der Waals surface area contributed by atoms with Gasteiger partial charge in [-0.05, 0) is 103 Å². The molecule has 0 spiro atoms. The van der Waals surface area contributed by atoms with Gasteiger partial charge in [-0.15, -0.1) is 0 Å². The second kappa shape index (κ2) is 12.7. The molecule has 0 unspecified atom stereocenters. The first-order chi connectivity index (χ1) is 19.5. The highest BCUT2D eigenvalue weighted by Crippen LogP contribution is 2.35. The summed E-state index contributed by atoms with van der Waals surface area (Å²) in [6.07, 6.45) is 1.37. The molecular weight excluding hydrogens is 661 g/mol. The number of hydrogen-bond donors (Lipinski definition) is 2. The lowest BCUT2D eigenvalue weighted by molar-refractivity contribution is -0.122. The van der Waals surface area contributed by atoms with Crippen molar-refractivity contribution in [2.24, 2.45) is 0 Å². The summed E-state index contributed by atoms with van der Waals surface area (Å²) in [4.78, 5) is 52.0. The number of carbonyl (C=O) groups is 4. The Morgan fingerprint density at radius 1 is 1.02 bits per heavy atom. The maximum Gasteiger partial charge on any atom is 0.335 e. The number of hydrogen-bond acceptors (Lipinski definition) is 6. The fraction of sp³-hybridized carbons (Fsp3) is 0.200. The fourth-order valence-corrected chi connectivity index (χ4v) is 5.09. The van der Waals surface area contributed by atoms with E-state index >= 15 is 0 Å². The molecule has 0 bridgehead atoms.